The molecule has 0 atom stereocenters. The molecule has 1 aromatic carbocycles. The third-order valence-electron chi connectivity index (χ3n) is 2.61. The van der Waals surface area contributed by atoms with Crippen molar-refractivity contribution in [2.45, 2.75) is 11.3 Å². The van der Waals surface area contributed by atoms with Crippen molar-refractivity contribution in [2.24, 2.45) is 0 Å². The molecule has 0 amide bonds. The van der Waals surface area contributed by atoms with Crippen LogP contribution in [0.3, 0.4) is 0 Å². The minimum atomic E-state index is -3.78. The maximum atomic E-state index is 11.3. The molecule has 21 heavy (non-hydrogen) atoms. The lowest BCUT2D eigenvalue weighted by Crippen LogP contribution is -2.03. The lowest BCUT2D eigenvalue weighted by atomic mass is 10.2. The molecule has 0 unspecified atom stereocenters. The lowest BCUT2D eigenvalue weighted by molar-refractivity contribution is 0.317. The van der Waals surface area contributed by atoms with Crippen molar-refractivity contribution in [1.29, 1.82) is 0 Å². The predicted octanol–water partition coefficient (Wildman–Crippen LogP) is 4.16. The summed E-state index contributed by atoms with van der Waals surface area (Å²) in [5, 5.41) is 0. The molecule has 0 saturated carbocycles. The fourth-order valence-corrected chi connectivity index (χ4v) is 4.14. The minimum Gasteiger partial charge on any atom is -0.491 e. The molecule has 0 saturated heterocycles. The zero-order chi connectivity index (χ0) is 15.5. The molecular weight excluding hydrogens is 445 g/mol. The van der Waals surface area contributed by atoms with E-state index in [2.05, 4.69) is 36.8 Å². The number of ether oxygens (including phenoxy) is 1. The van der Waals surface area contributed by atoms with Crippen molar-refractivity contribution in [2.75, 3.05) is 6.61 Å². The number of hydrogen-bond acceptors (Lipinski definition) is 4. The van der Waals surface area contributed by atoms with Gasteiger partial charge in [-0.2, -0.15) is 0 Å². The Morgan fingerprint density at radius 1 is 1.24 bits per heavy atom. The normalized spacial score (nSPS) is 11.4. The first-order valence-electron chi connectivity index (χ1n) is 5.83. The second-order valence-electron chi connectivity index (χ2n) is 4.11. The molecule has 0 spiro atoms. The highest BCUT2D eigenvalue weighted by atomic mass is 79.9. The van der Waals surface area contributed by atoms with Gasteiger partial charge in [-0.05, 0) is 55.6 Å². The Balaban J connectivity index is 2.11. The van der Waals surface area contributed by atoms with Crippen LogP contribution in [0, 0.1) is 0 Å². The zero-order valence-corrected chi connectivity index (χ0v) is 15.3. The van der Waals surface area contributed by atoms with Crippen LogP contribution in [-0.2, 0) is 15.5 Å². The summed E-state index contributed by atoms with van der Waals surface area (Å²) in [7, 11) is 1.54. The molecule has 0 aliphatic rings. The third-order valence-corrected chi connectivity index (χ3v) is 5.12. The van der Waals surface area contributed by atoms with E-state index in [0.29, 0.717) is 27.7 Å². The lowest BCUT2D eigenvalue weighted by Gasteiger charge is -2.11. The van der Waals surface area contributed by atoms with E-state index < -0.39 is 9.05 Å². The first kappa shape index (κ1) is 16.7. The van der Waals surface area contributed by atoms with Crippen molar-refractivity contribution >= 4 is 51.6 Å². The van der Waals surface area contributed by atoms with Gasteiger partial charge in [0.15, 0.2) is 0 Å². The van der Waals surface area contributed by atoms with E-state index in [0.717, 1.165) is 5.56 Å². The van der Waals surface area contributed by atoms with Gasteiger partial charge in [-0.1, -0.05) is 6.07 Å². The summed E-state index contributed by atoms with van der Waals surface area (Å²) in [4.78, 5) is 4.03. The molecule has 8 heteroatoms. The number of hydrogen-bond donors (Lipinski definition) is 0. The van der Waals surface area contributed by atoms with Gasteiger partial charge in [0, 0.05) is 29.5 Å². The summed E-state index contributed by atoms with van der Waals surface area (Å²) >= 11 is 6.57. The van der Waals surface area contributed by atoms with Crippen LogP contribution < -0.4 is 4.74 Å². The monoisotopic (exact) mass is 453 g/mol. The SMILES string of the molecule is O=S(=O)(Cl)c1cc(Br)c(OCCc2cccnc2)c(Br)c1. The molecule has 4 nitrogen and oxygen atoms in total. The van der Waals surface area contributed by atoms with E-state index in [1.54, 1.807) is 12.4 Å². The van der Waals surface area contributed by atoms with Gasteiger partial charge in [0.25, 0.3) is 9.05 Å². The molecule has 112 valence electrons. The largest absolute Gasteiger partial charge is 0.491 e. The van der Waals surface area contributed by atoms with Gasteiger partial charge in [0.05, 0.1) is 20.4 Å². The van der Waals surface area contributed by atoms with Crippen molar-refractivity contribution in [3.63, 3.8) is 0 Å². The first-order valence-corrected chi connectivity index (χ1v) is 9.73. The molecule has 0 radical (unpaired) electrons. The van der Waals surface area contributed by atoms with E-state index >= 15 is 0 Å². The molecule has 0 aliphatic heterocycles. The Bertz CT molecular complexity index is 715. The minimum absolute atomic E-state index is 0.00234. The highest BCUT2D eigenvalue weighted by Crippen LogP contribution is 2.36. The quantitative estimate of drug-likeness (QED) is 0.636. The maximum Gasteiger partial charge on any atom is 0.261 e. The molecule has 0 fully saturated rings. The van der Waals surface area contributed by atoms with Crippen LogP contribution in [-0.4, -0.2) is 20.0 Å². The van der Waals surface area contributed by atoms with Crippen LogP contribution >= 0.6 is 42.5 Å². The summed E-state index contributed by atoms with van der Waals surface area (Å²) in [5.74, 6) is 0.531. The maximum absolute atomic E-state index is 11.3. The van der Waals surface area contributed by atoms with Crippen LogP contribution in [0.1, 0.15) is 5.56 Å². The van der Waals surface area contributed by atoms with E-state index in [1.807, 2.05) is 12.1 Å². The number of aromatic nitrogens is 1. The number of rotatable bonds is 5. The Kier molecular flexibility index (Phi) is 5.65. The Hall–Kier alpha value is -0.630. The van der Waals surface area contributed by atoms with Crippen LogP contribution in [0.15, 0.2) is 50.5 Å². The van der Waals surface area contributed by atoms with E-state index in [9.17, 15) is 8.42 Å². The molecule has 1 heterocycles. The van der Waals surface area contributed by atoms with Crippen LogP contribution in [0.25, 0.3) is 0 Å². The zero-order valence-electron chi connectivity index (χ0n) is 10.6. The van der Waals surface area contributed by atoms with Gasteiger partial charge in [-0.25, -0.2) is 8.42 Å². The highest BCUT2D eigenvalue weighted by Gasteiger charge is 2.16. The molecular formula is C13H10Br2ClNO3S. The molecule has 2 aromatic rings. The Labute approximate surface area is 144 Å². The topological polar surface area (TPSA) is 56.3 Å². The Morgan fingerprint density at radius 2 is 1.90 bits per heavy atom. The molecule has 0 N–H and O–H groups in total. The first-order chi connectivity index (χ1) is 9.88. The third kappa shape index (κ3) is 4.67. The smallest absolute Gasteiger partial charge is 0.261 e. The second-order valence-corrected chi connectivity index (χ2v) is 8.39. The average Bonchev–Trinajstić information content (AvgIpc) is 2.42. The number of halogens is 3. The van der Waals surface area contributed by atoms with Crippen molar-refractivity contribution < 1.29 is 13.2 Å². The van der Waals surface area contributed by atoms with Crippen LogP contribution in [0.5, 0.6) is 5.75 Å². The van der Waals surface area contributed by atoms with Gasteiger partial charge in [0.2, 0.25) is 0 Å². The number of nitrogens with zero attached hydrogens (tertiary/aromatic N) is 1. The average molecular weight is 456 g/mol. The second kappa shape index (κ2) is 7.09. The molecule has 0 bridgehead atoms. The van der Waals surface area contributed by atoms with Gasteiger partial charge >= 0.3 is 0 Å². The van der Waals surface area contributed by atoms with Crippen molar-refractivity contribution in [1.82, 2.24) is 4.98 Å². The predicted molar refractivity (Wildman–Crippen MR) is 88.3 cm³/mol. The number of benzene rings is 1. The summed E-state index contributed by atoms with van der Waals surface area (Å²) in [5.41, 5.74) is 1.06. The summed E-state index contributed by atoms with van der Waals surface area (Å²) in [6, 6.07) is 6.64. The summed E-state index contributed by atoms with van der Waals surface area (Å²) < 4.78 is 29.4. The van der Waals surface area contributed by atoms with E-state index in [1.165, 1.54) is 12.1 Å². The van der Waals surface area contributed by atoms with Crippen molar-refractivity contribution in [3.05, 3.63) is 51.2 Å². The van der Waals surface area contributed by atoms with E-state index in [-0.39, 0.29) is 4.90 Å². The molecule has 2 rings (SSSR count). The molecule has 1 aromatic heterocycles. The standard InChI is InChI=1S/C13H10Br2ClNO3S/c14-11-6-10(21(16,18)19)7-12(15)13(11)20-5-3-9-2-1-4-17-8-9/h1-2,4,6-8H,3,5H2. The van der Waals surface area contributed by atoms with Gasteiger partial charge in [0.1, 0.15) is 5.75 Å². The van der Waals surface area contributed by atoms with Gasteiger partial charge in [-0.3, -0.25) is 4.98 Å². The van der Waals surface area contributed by atoms with Crippen molar-refractivity contribution in [3.8, 4) is 5.75 Å². The van der Waals surface area contributed by atoms with Crippen LogP contribution in [0.4, 0.5) is 0 Å². The fraction of sp³-hybridized carbons (Fsp3) is 0.154. The summed E-state index contributed by atoms with van der Waals surface area (Å²) in [6.45, 7) is 0.440. The Morgan fingerprint density at radius 3 is 2.43 bits per heavy atom. The van der Waals surface area contributed by atoms with Crippen LogP contribution in [0.2, 0.25) is 0 Å². The van der Waals surface area contributed by atoms with Gasteiger partial charge < -0.3 is 4.74 Å². The molecule has 0 aliphatic carbocycles. The summed E-state index contributed by atoms with van der Waals surface area (Å²) in [6.07, 6.45) is 4.18. The fourth-order valence-electron chi connectivity index (χ4n) is 1.63. The van der Waals surface area contributed by atoms with Gasteiger partial charge in [-0.15, -0.1) is 0 Å². The van der Waals surface area contributed by atoms with E-state index in [4.69, 9.17) is 15.4 Å². The highest BCUT2D eigenvalue weighted by molar-refractivity contribution is 9.11. The number of pyridine rings is 1.